The molecule has 1 saturated heterocycles. The lowest BCUT2D eigenvalue weighted by Gasteiger charge is -2.33. The van der Waals surface area contributed by atoms with Gasteiger partial charge in [-0.3, -0.25) is 14.6 Å². The number of aliphatic imine (C=N–C) groups is 1. The van der Waals surface area contributed by atoms with Crippen molar-refractivity contribution < 1.29 is 19.1 Å². The second-order valence-corrected chi connectivity index (χ2v) is 6.50. The number of likely N-dealkylation sites (tertiary alicyclic amines) is 1. The van der Waals surface area contributed by atoms with Crippen LogP contribution in [0.4, 0.5) is 0 Å². The number of guanidine groups is 1. The first-order valence-corrected chi connectivity index (χ1v) is 9.63. The minimum absolute atomic E-state index is 0. The molecular formula is C20H31IN4O4. The fourth-order valence-corrected chi connectivity index (χ4v) is 3.15. The van der Waals surface area contributed by atoms with Gasteiger partial charge in [-0.2, -0.15) is 0 Å². The van der Waals surface area contributed by atoms with Crippen LogP contribution in [0.3, 0.4) is 0 Å². The molecule has 1 aliphatic heterocycles. The molecule has 0 bridgehead atoms. The number of esters is 1. The van der Waals surface area contributed by atoms with Gasteiger partial charge in [0.15, 0.2) is 5.96 Å². The maximum Gasteiger partial charge on any atom is 0.310 e. The summed E-state index contributed by atoms with van der Waals surface area (Å²) in [5.74, 6) is 1.04. The smallest absolute Gasteiger partial charge is 0.310 e. The zero-order valence-corrected chi connectivity index (χ0v) is 19.6. The number of rotatable bonds is 7. The molecule has 0 aliphatic carbocycles. The monoisotopic (exact) mass is 518 g/mol. The van der Waals surface area contributed by atoms with Crippen LogP contribution in [0.25, 0.3) is 0 Å². The van der Waals surface area contributed by atoms with Crippen molar-refractivity contribution in [1.82, 2.24) is 15.5 Å². The van der Waals surface area contributed by atoms with E-state index in [1.807, 2.05) is 6.92 Å². The molecule has 8 nitrogen and oxygen atoms in total. The number of piperidine rings is 1. The van der Waals surface area contributed by atoms with Gasteiger partial charge in [-0.15, -0.1) is 24.0 Å². The van der Waals surface area contributed by atoms with E-state index in [0.717, 1.165) is 25.3 Å². The van der Waals surface area contributed by atoms with Crippen molar-refractivity contribution in [3.8, 4) is 5.75 Å². The van der Waals surface area contributed by atoms with Gasteiger partial charge in [-0.05, 0) is 44.0 Å². The highest BCUT2D eigenvalue weighted by atomic mass is 127. The zero-order chi connectivity index (χ0) is 20.4. The van der Waals surface area contributed by atoms with Crippen LogP contribution < -0.4 is 15.4 Å². The fraction of sp³-hybridized carbons (Fsp3) is 0.550. The van der Waals surface area contributed by atoms with Crippen molar-refractivity contribution in [2.24, 2.45) is 10.9 Å². The molecule has 1 atom stereocenters. The van der Waals surface area contributed by atoms with Gasteiger partial charge < -0.3 is 25.0 Å². The van der Waals surface area contributed by atoms with Crippen LogP contribution in [0.1, 0.15) is 30.1 Å². The van der Waals surface area contributed by atoms with E-state index in [2.05, 4.69) is 20.5 Å². The predicted octanol–water partition coefficient (Wildman–Crippen LogP) is 1.89. The van der Waals surface area contributed by atoms with Crippen molar-refractivity contribution in [3.05, 3.63) is 29.8 Å². The Morgan fingerprint density at radius 1 is 1.21 bits per heavy atom. The largest absolute Gasteiger partial charge is 0.497 e. The Bertz CT molecular complexity index is 682. The Kier molecular flexibility index (Phi) is 11.4. The van der Waals surface area contributed by atoms with Crippen molar-refractivity contribution in [3.63, 3.8) is 0 Å². The highest BCUT2D eigenvalue weighted by Gasteiger charge is 2.28. The molecule has 1 fully saturated rings. The van der Waals surface area contributed by atoms with Gasteiger partial charge in [0.2, 0.25) is 0 Å². The number of nitrogens with zero attached hydrogens (tertiary/aromatic N) is 2. The van der Waals surface area contributed by atoms with Gasteiger partial charge >= 0.3 is 5.97 Å². The van der Waals surface area contributed by atoms with Gasteiger partial charge in [0.05, 0.1) is 19.6 Å². The standard InChI is InChI=1S/C20H30N4O4.HI/c1-4-28-19(26)16-6-5-13-24(14-16)20(21-2)23-12-11-22-18(25)15-7-9-17(27-3)10-8-15;/h7-10,16H,4-6,11-14H2,1-3H3,(H,21,23)(H,22,25);1H. The number of nitrogens with one attached hydrogen (secondary N) is 2. The van der Waals surface area contributed by atoms with Crippen LogP contribution in [0.5, 0.6) is 5.75 Å². The summed E-state index contributed by atoms with van der Waals surface area (Å²) in [6, 6.07) is 6.96. The number of amides is 1. The third-order valence-electron chi connectivity index (χ3n) is 4.60. The van der Waals surface area contributed by atoms with Crippen LogP contribution in [-0.2, 0) is 9.53 Å². The minimum atomic E-state index is -0.144. The first-order valence-electron chi connectivity index (χ1n) is 9.63. The van der Waals surface area contributed by atoms with Gasteiger partial charge in [0.1, 0.15) is 5.75 Å². The summed E-state index contributed by atoms with van der Waals surface area (Å²) in [5, 5.41) is 6.12. The Balaban J connectivity index is 0.00000420. The highest BCUT2D eigenvalue weighted by Crippen LogP contribution is 2.18. The molecule has 1 heterocycles. The molecule has 2 N–H and O–H groups in total. The third-order valence-corrected chi connectivity index (χ3v) is 4.60. The van der Waals surface area contributed by atoms with Crippen molar-refractivity contribution >= 4 is 41.8 Å². The Morgan fingerprint density at radius 3 is 2.52 bits per heavy atom. The van der Waals surface area contributed by atoms with Crippen LogP contribution in [0.15, 0.2) is 29.3 Å². The van der Waals surface area contributed by atoms with Gasteiger partial charge in [-0.1, -0.05) is 0 Å². The van der Waals surface area contributed by atoms with Crippen LogP contribution in [0, 0.1) is 5.92 Å². The summed E-state index contributed by atoms with van der Waals surface area (Å²) in [6.45, 7) is 4.65. The summed E-state index contributed by atoms with van der Waals surface area (Å²) >= 11 is 0. The van der Waals surface area contributed by atoms with E-state index in [1.54, 1.807) is 38.4 Å². The van der Waals surface area contributed by atoms with Crippen molar-refractivity contribution in [1.29, 1.82) is 0 Å². The zero-order valence-electron chi connectivity index (χ0n) is 17.3. The van der Waals surface area contributed by atoms with Crippen LogP contribution in [-0.4, -0.2) is 69.7 Å². The molecule has 1 aliphatic rings. The normalized spacial score (nSPS) is 16.4. The molecule has 0 saturated carbocycles. The lowest BCUT2D eigenvalue weighted by molar-refractivity contribution is -0.149. The molecule has 9 heteroatoms. The molecule has 0 spiro atoms. The molecule has 0 aromatic heterocycles. The van der Waals surface area contributed by atoms with E-state index in [1.165, 1.54) is 0 Å². The number of benzene rings is 1. The first-order chi connectivity index (χ1) is 13.6. The minimum Gasteiger partial charge on any atom is -0.497 e. The Morgan fingerprint density at radius 2 is 1.90 bits per heavy atom. The summed E-state index contributed by atoms with van der Waals surface area (Å²) in [6.07, 6.45) is 1.75. The number of hydrogen-bond acceptors (Lipinski definition) is 5. The van der Waals surface area contributed by atoms with Gasteiger partial charge in [-0.25, -0.2) is 0 Å². The summed E-state index contributed by atoms with van der Waals surface area (Å²) in [4.78, 5) is 30.5. The van der Waals surface area contributed by atoms with E-state index < -0.39 is 0 Å². The predicted molar refractivity (Wildman–Crippen MR) is 123 cm³/mol. The lowest BCUT2D eigenvalue weighted by atomic mass is 9.98. The molecule has 1 aromatic carbocycles. The fourth-order valence-electron chi connectivity index (χ4n) is 3.15. The lowest BCUT2D eigenvalue weighted by Crippen LogP contribution is -2.49. The molecule has 1 aromatic rings. The number of halogens is 1. The second-order valence-electron chi connectivity index (χ2n) is 6.50. The third kappa shape index (κ3) is 7.71. The average molecular weight is 518 g/mol. The van der Waals surface area contributed by atoms with Crippen molar-refractivity contribution in [2.75, 3.05) is 46.9 Å². The number of carbonyl (C=O) groups is 2. The SMILES string of the molecule is CCOC(=O)C1CCCN(C(=NC)NCCNC(=O)c2ccc(OC)cc2)C1.I. The first kappa shape index (κ1) is 25.0. The molecule has 162 valence electrons. The molecule has 29 heavy (non-hydrogen) atoms. The summed E-state index contributed by atoms with van der Waals surface area (Å²) in [7, 11) is 3.30. The summed E-state index contributed by atoms with van der Waals surface area (Å²) in [5.41, 5.74) is 0.582. The number of methoxy groups -OCH3 is 1. The number of carbonyl (C=O) groups excluding carboxylic acids is 2. The van der Waals surface area contributed by atoms with Crippen molar-refractivity contribution in [2.45, 2.75) is 19.8 Å². The van der Waals surface area contributed by atoms with E-state index in [-0.39, 0.29) is 41.8 Å². The number of hydrogen-bond donors (Lipinski definition) is 2. The maximum atomic E-state index is 12.2. The van der Waals surface area contributed by atoms with Gasteiger partial charge in [0.25, 0.3) is 5.91 Å². The van der Waals surface area contributed by atoms with E-state index >= 15 is 0 Å². The summed E-state index contributed by atoms with van der Waals surface area (Å²) < 4.78 is 10.2. The molecule has 1 unspecified atom stereocenters. The highest BCUT2D eigenvalue weighted by molar-refractivity contribution is 14.0. The quantitative estimate of drug-likeness (QED) is 0.188. The Labute approximate surface area is 189 Å². The van der Waals surface area contributed by atoms with E-state index in [9.17, 15) is 9.59 Å². The Hall–Kier alpha value is -2.04. The molecule has 1 amide bonds. The van der Waals surface area contributed by atoms with E-state index in [0.29, 0.717) is 37.6 Å². The average Bonchev–Trinajstić information content (AvgIpc) is 2.74. The number of ether oxygens (including phenoxy) is 2. The maximum absolute atomic E-state index is 12.2. The topological polar surface area (TPSA) is 92.3 Å². The molecule has 0 radical (unpaired) electrons. The van der Waals surface area contributed by atoms with Crippen LogP contribution in [0.2, 0.25) is 0 Å². The van der Waals surface area contributed by atoms with E-state index in [4.69, 9.17) is 9.47 Å². The second kappa shape index (κ2) is 13.2. The van der Waals surface area contributed by atoms with Crippen LogP contribution >= 0.6 is 24.0 Å². The van der Waals surface area contributed by atoms with Gasteiger partial charge in [0, 0.05) is 38.8 Å². The molecular weight excluding hydrogens is 487 g/mol. The molecule has 2 rings (SSSR count).